The van der Waals surface area contributed by atoms with Crippen LogP contribution in [0.2, 0.25) is 0 Å². The second kappa shape index (κ2) is 8.63. The molecule has 1 heterocycles. The van der Waals surface area contributed by atoms with Gasteiger partial charge in [0.2, 0.25) is 0 Å². The smallest absolute Gasteiger partial charge is 0.439 e. The first-order chi connectivity index (χ1) is 13.8. The van der Waals surface area contributed by atoms with Crippen molar-refractivity contribution >= 4 is 5.71 Å². The minimum absolute atomic E-state index is 0.0482. The van der Waals surface area contributed by atoms with E-state index in [1.165, 1.54) is 12.1 Å². The number of ether oxygens (including phenoxy) is 1. The molecule has 0 aliphatic carbocycles. The number of benzene rings is 2. The maximum absolute atomic E-state index is 12.5. The molecule has 0 saturated heterocycles. The number of hydrogen-bond acceptors (Lipinski definition) is 6. The van der Waals surface area contributed by atoms with E-state index in [-0.39, 0.29) is 19.0 Å². The van der Waals surface area contributed by atoms with Crippen LogP contribution in [0.3, 0.4) is 0 Å². The lowest BCUT2D eigenvalue weighted by molar-refractivity contribution is -0.137. The topological polar surface area (TPSA) is 89.7 Å². The molecular weight excluding hydrogens is 391 g/mol. The minimum atomic E-state index is -4.36. The Kier molecular flexibility index (Phi) is 6.01. The fourth-order valence-corrected chi connectivity index (χ4v) is 2.31. The number of nitrogens with zero attached hydrogens (tertiary/aromatic N) is 2. The molecule has 1 aromatic heterocycles. The van der Waals surface area contributed by atoms with E-state index < -0.39 is 17.5 Å². The second-order valence-electron chi connectivity index (χ2n) is 6.00. The Labute approximate surface area is 162 Å². The van der Waals surface area contributed by atoms with Crippen LogP contribution in [0.5, 0.6) is 5.75 Å². The molecule has 0 radical (unpaired) electrons. The van der Waals surface area contributed by atoms with E-state index in [4.69, 9.17) is 9.57 Å². The van der Waals surface area contributed by atoms with Crippen molar-refractivity contribution in [1.82, 2.24) is 10.1 Å². The van der Waals surface area contributed by atoms with Crippen LogP contribution in [-0.2, 0) is 24.2 Å². The summed E-state index contributed by atoms with van der Waals surface area (Å²) in [5.41, 5.74) is 1.23. The van der Waals surface area contributed by atoms with Crippen molar-refractivity contribution in [3.63, 3.8) is 0 Å². The van der Waals surface area contributed by atoms with Gasteiger partial charge in [-0.05, 0) is 54.4 Å². The van der Waals surface area contributed by atoms with E-state index in [1.54, 1.807) is 31.2 Å². The third-order valence-electron chi connectivity index (χ3n) is 3.85. The van der Waals surface area contributed by atoms with Crippen LogP contribution >= 0.6 is 0 Å². The van der Waals surface area contributed by atoms with E-state index in [0.29, 0.717) is 17.0 Å². The molecule has 7 nitrogen and oxygen atoms in total. The SMILES string of the molecule is C/C(=N\OCc1ccc(C(F)(F)F)cc1)c1ccc(OCc2noc(=O)[nH]2)cc1. The van der Waals surface area contributed by atoms with Crippen molar-refractivity contribution < 1.29 is 27.3 Å². The van der Waals surface area contributed by atoms with Crippen molar-refractivity contribution in [1.29, 1.82) is 0 Å². The average molecular weight is 407 g/mol. The zero-order valence-corrected chi connectivity index (χ0v) is 15.2. The third kappa shape index (κ3) is 5.71. The summed E-state index contributed by atoms with van der Waals surface area (Å²) in [6, 6.07) is 11.7. The summed E-state index contributed by atoms with van der Waals surface area (Å²) in [6.45, 7) is 1.84. The first-order valence-electron chi connectivity index (χ1n) is 8.42. The van der Waals surface area contributed by atoms with Crippen LogP contribution in [0, 0.1) is 0 Å². The zero-order chi connectivity index (χ0) is 20.9. The highest BCUT2D eigenvalue weighted by Gasteiger charge is 2.29. The molecule has 152 valence electrons. The Morgan fingerprint density at radius 3 is 2.38 bits per heavy atom. The first kappa shape index (κ1) is 20.2. The van der Waals surface area contributed by atoms with Crippen molar-refractivity contribution in [2.45, 2.75) is 26.3 Å². The van der Waals surface area contributed by atoms with Crippen molar-refractivity contribution in [2.75, 3.05) is 0 Å². The van der Waals surface area contributed by atoms with Gasteiger partial charge in [-0.2, -0.15) is 13.2 Å². The van der Waals surface area contributed by atoms with E-state index in [0.717, 1.165) is 17.7 Å². The lowest BCUT2D eigenvalue weighted by Crippen LogP contribution is -2.04. The number of rotatable bonds is 7. The molecule has 0 atom stereocenters. The van der Waals surface area contributed by atoms with Gasteiger partial charge < -0.3 is 9.57 Å². The van der Waals surface area contributed by atoms with Gasteiger partial charge in [-0.15, -0.1) is 0 Å². The number of aromatic amines is 1. The Balaban J connectivity index is 1.52. The summed E-state index contributed by atoms with van der Waals surface area (Å²) in [5.74, 6) is 0.173. The number of hydrogen-bond donors (Lipinski definition) is 1. The molecule has 1 N–H and O–H groups in total. The van der Waals surface area contributed by atoms with Gasteiger partial charge >= 0.3 is 11.9 Å². The molecule has 3 aromatic rings. The fourth-order valence-electron chi connectivity index (χ4n) is 2.31. The van der Waals surface area contributed by atoms with Crippen LogP contribution in [0.25, 0.3) is 0 Å². The second-order valence-corrected chi connectivity index (χ2v) is 6.00. The van der Waals surface area contributed by atoms with E-state index >= 15 is 0 Å². The van der Waals surface area contributed by atoms with E-state index in [9.17, 15) is 18.0 Å². The Morgan fingerprint density at radius 1 is 1.10 bits per heavy atom. The molecule has 2 aromatic carbocycles. The highest BCUT2D eigenvalue weighted by atomic mass is 19.4. The molecule has 0 fully saturated rings. The van der Waals surface area contributed by atoms with Gasteiger partial charge in [0.15, 0.2) is 5.82 Å². The van der Waals surface area contributed by atoms with Gasteiger partial charge in [0.1, 0.15) is 19.0 Å². The molecular formula is C19H16F3N3O4. The fraction of sp³-hybridized carbons (Fsp3) is 0.211. The Hall–Kier alpha value is -3.56. The van der Waals surface area contributed by atoms with Crippen molar-refractivity contribution in [2.24, 2.45) is 5.16 Å². The number of halogens is 3. The van der Waals surface area contributed by atoms with Crippen molar-refractivity contribution in [3.8, 4) is 5.75 Å². The van der Waals surface area contributed by atoms with Crippen LogP contribution in [-0.4, -0.2) is 15.9 Å². The molecule has 3 rings (SSSR count). The van der Waals surface area contributed by atoms with Gasteiger partial charge in [0, 0.05) is 0 Å². The minimum Gasteiger partial charge on any atom is -0.486 e. The highest BCUT2D eigenvalue weighted by molar-refractivity contribution is 5.98. The maximum atomic E-state index is 12.5. The number of aromatic nitrogens is 2. The van der Waals surface area contributed by atoms with Gasteiger partial charge in [0.05, 0.1) is 11.3 Å². The predicted octanol–water partition coefficient (Wildman–Crippen LogP) is 3.90. The standard InChI is InChI=1S/C19H16F3N3O4/c1-12(24-28-10-13-2-6-15(7-3-13)19(20,21)22)14-4-8-16(9-5-14)27-11-17-23-18(26)29-25-17/h2-9H,10-11H2,1H3,(H,23,25,26)/b24-12+. The largest absolute Gasteiger partial charge is 0.486 e. The summed E-state index contributed by atoms with van der Waals surface area (Å²) in [7, 11) is 0. The predicted molar refractivity (Wildman–Crippen MR) is 96.3 cm³/mol. The van der Waals surface area contributed by atoms with Crippen LogP contribution in [0.1, 0.15) is 29.4 Å². The van der Waals surface area contributed by atoms with E-state index in [2.05, 4.69) is 19.8 Å². The molecule has 10 heteroatoms. The summed E-state index contributed by atoms with van der Waals surface area (Å²) >= 11 is 0. The number of alkyl halides is 3. The number of oxime groups is 1. The van der Waals surface area contributed by atoms with Gasteiger partial charge in [-0.25, -0.2) is 4.79 Å². The number of nitrogens with one attached hydrogen (secondary N) is 1. The summed E-state index contributed by atoms with van der Waals surface area (Å²) in [6.07, 6.45) is -4.36. The molecule has 0 aliphatic rings. The number of H-pyrrole nitrogens is 1. The molecule has 29 heavy (non-hydrogen) atoms. The third-order valence-corrected chi connectivity index (χ3v) is 3.85. The molecule has 0 unspecified atom stereocenters. The Bertz CT molecular complexity index is 1020. The Morgan fingerprint density at radius 2 is 1.79 bits per heavy atom. The summed E-state index contributed by atoms with van der Waals surface area (Å²) < 4.78 is 47.5. The molecule has 0 spiro atoms. The molecule has 0 amide bonds. The highest BCUT2D eigenvalue weighted by Crippen LogP contribution is 2.29. The maximum Gasteiger partial charge on any atom is 0.439 e. The van der Waals surface area contributed by atoms with Gasteiger partial charge in [-0.1, -0.05) is 22.4 Å². The van der Waals surface area contributed by atoms with Crippen molar-refractivity contribution in [3.05, 3.63) is 81.6 Å². The zero-order valence-electron chi connectivity index (χ0n) is 15.2. The van der Waals surface area contributed by atoms with Crippen LogP contribution < -0.4 is 10.5 Å². The molecule has 0 saturated carbocycles. The summed E-state index contributed by atoms with van der Waals surface area (Å²) in [5, 5.41) is 7.47. The summed E-state index contributed by atoms with van der Waals surface area (Å²) in [4.78, 5) is 18.4. The van der Waals surface area contributed by atoms with E-state index in [1.807, 2.05) is 0 Å². The first-order valence-corrected chi connectivity index (χ1v) is 8.42. The average Bonchev–Trinajstić information content (AvgIpc) is 3.11. The van der Waals surface area contributed by atoms with Crippen LogP contribution in [0.15, 0.2) is 63.0 Å². The lowest BCUT2D eigenvalue weighted by Gasteiger charge is -2.08. The van der Waals surface area contributed by atoms with Gasteiger partial charge in [-0.3, -0.25) is 9.51 Å². The normalized spacial score (nSPS) is 12.1. The lowest BCUT2D eigenvalue weighted by atomic mass is 10.1. The van der Waals surface area contributed by atoms with Gasteiger partial charge in [0.25, 0.3) is 0 Å². The quantitative estimate of drug-likeness (QED) is 0.474. The van der Waals surface area contributed by atoms with Crippen LogP contribution in [0.4, 0.5) is 13.2 Å². The molecule has 0 aliphatic heterocycles. The molecule has 0 bridgehead atoms. The monoisotopic (exact) mass is 407 g/mol.